The summed E-state index contributed by atoms with van der Waals surface area (Å²) in [7, 11) is -2.84. The number of hydrogen-bond donors (Lipinski definition) is 1. The number of cyclic esters (lactones) is 1. The first kappa shape index (κ1) is 19.2. The molecule has 3 rings (SSSR count). The number of carbonyl (C=O) groups excluding carboxylic acids is 1. The van der Waals surface area contributed by atoms with Crippen LogP contribution < -0.4 is 4.90 Å². The molecule has 9 heteroatoms. The molecule has 2 aromatic rings. The van der Waals surface area contributed by atoms with E-state index in [1.54, 1.807) is 18.2 Å². The van der Waals surface area contributed by atoms with Crippen LogP contribution in [0.3, 0.4) is 0 Å². The fourth-order valence-electron chi connectivity index (χ4n) is 2.57. The number of benzene rings is 2. The minimum atomic E-state index is -4.37. The van der Waals surface area contributed by atoms with Crippen LogP contribution in [0.15, 0.2) is 35.2 Å². The summed E-state index contributed by atoms with van der Waals surface area (Å²) >= 11 is 0. The van der Waals surface area contributed by atoms with Gasteiger partial charge in [-0.05, 0) is 17.5 Å². The molecule has 0 spiro atoms. The van der Waals surface area contributed by atoms with E-state index in [4.69, 9.17) is 9.47 Å². The number of anilines is 1. The van der Waals surface area contributed by atoms with Gasteiger partial charge in [0.2, 0.25) is 0 Å². The molecule has 1 radical (unpaired) electrons. The van der Waals surface area contributed by atoms with Crippen molar-refractivity contribution in [3.05, 3.63) is 36.4 Å². The van der Waals surface area contributed by atoms with Crippen molar-refractivity contribution >= 4 is 62.2 Å². The first-order valence-corrected chi connectivity index (χ1v) is 8.23. The van der Waals surface area contributed by atoms with Crippen LogP contribution >= 0.6 is 0 Å². The van der Waals surface area contributed by atoms with Crippen LogP contribution in [-0.2, 0) is 19.6 Å². The molecule has 1 fully saturated rings. The summed E-state index contributed by atoms with van der Waals surface area (Å²) in [5.74, 6) is 0. The third-order valence-corrected chi connectivity index (χ3v) is 4.41. The zero-order valence-corrected chi connectivity index (χ0v) is 13.0. The van der Waals surface area contributed by atoms with Crippen molar-refractivity contribution in [2.24, 2.45) is 0 Å². The summed E-state index contributed by atoms with van der Waals surface area (Å²) in [6, 6.07) is 10.4. The van der Waals surface area contributed by atoms with Gasteiger partial charge in [0.25, 0.3) is 10.1 Å². The summed E-state index contributed by atoms with van der Waals surface area (Å²) in [5.41, 5.74) is 0.577. The maximum atomic E-state index is 11.9. The van der Waals surface area contributed by atoms with Crippen LogP contribution in [-0.4, -0.2) is 75.0 Å². The second-order valence-corrected chi connectivity index (χ2v) is 6.48. The Kier molecular flexibility index (Phi) is 5.90. The average molecular weight is 360 g/mol. The van der Waals surface area contributed by atoms with Crippen LogP contribution in [0.1, 0.15) is 0 Å². The van der Waals surface area contributed by atoms with E-state index in [0.717, 1.165) is 0 Å². The van der Waals surface area contributed by atoms with Crippen LogP contribution in [0.4, 0.5) is 10.5 Å². The van der Waals surface area contributed by atoms with Crippen LogP contribution in [0.5, 0.6) is 0 Å². The number of amides is 1. The van der Waals surface area contributed by atoms with E-state index in [9.17, 15) is 17.8 Å². The van der Waals surface area contributed by atoms with Crippen molar-refractivity contribution in [1.29, 1.82) is 0 Å². The van der Waals surface area contributed by atoms with Crippen LogP contribution in [0.2, 0.25) is 0 Å². The van der Waals surface area contributed by atoms with Crippen molar-refractivity contribution in [2.75, 3.05) is 25.2 Å². The van der Waals surface area contributed by atoms with E-state index < -0.39 is 16.2 Å². The Labute approximate surface area is 161 Å². The molecule has 0 aliphatic carbocycles. The fraction of sp³-hybridized carbons (Fsp3) is 0.267. The molecular formula is C15H15NNaO6S. The summed E-state index contributed by atoms with van der Waals surface area (Å²) in [6.07, 6.45) is -0.829. The normalized spacial score (nSPS) is 17.7. The van der Waals surface area contributed by atoms with E-state index in [1.165, 1.54) is 24.1 Å². The van der Waals surface area contributed by atoms with Gasteiger partial charge < -0.3 is 9.47 Å². The Bertz CT molecular complexity index is 869. The van der Waals surface area contributed by atoms with Gasteiger partial charge in [-0.15, -0.1) is 0 Å². The summed E-state index contributed by atoms with van der Waals surface area (Å²) in [5, 5.41) is 0.900. The van der Waals surface area contributed by atoms with Crippen molar-refractivity contribution in [3.63, 3.8) is 0 Å². The van der Waals surface area contributed by atoms with E-state index in [0.29, 0.717) is 29.6 Å². The first-order valence-electron chi connectivity index (χ1n) is 6.79. The number of rotatable bonds is 4. The molecule has 7 nitrogen and oxygen atoms in total. The van der Waals surface area contributed by atoms with Gasteiger partial charge in [0.15, 0.2) is 0 Å². The quantitative estimate of drug-likeness (QED) is 0.651. The molecule has 123 valence electrons. The number of hydrogen-bond acceptors (Lipinski definition) is 5. The molecule has 0 saturated carbocycles. The van der Waals surface area contributed by atoms with Gasteiger partial charge in [0, 0.05) is 24.2 Å². The molecule has 1 N–H and O–H groups in total. The molecule has 0 bridgehead atoms. The second-order valence-electron chi connectivity index (χ2n) is 5.13. The molecule has 1 saturated heterocycles. The van der Waals surface area contributed by atoms with Crippen LogP contribution in [0.25, 0.3) is 10.8 Å². The monoisotopic (exact) mass is 360 g/mol. The van der Waals surface area contributed by atoms with Crippen molar-refractivity contribution in [2.45, 2.75) is 11.0 Å². The molecule has 24 heavy (non-hydrogen) atoms. The van der Waals surface area contributed by atoms with E-state index >= 15 is 0 Å². The van der Waals surface area contributed by atoms with Gasteiger partial charge in [-0.3, -0.25) is 9.45 Å². The number of nitrogens with zero attached hydrogens (tertiary/aromatic N) is 1. The van der Waals surface area contributed by atoms with Crippen molar-refractivity contribution in [1.82, 2.24) is 0 Å². The Morgan fingerprint density at radius 2 is 2.17 bits per heavy atom. The van der Waals surface area contributed by atoms with Gasteiger partial charge in [-0.1, -0.05) is 18.2 Å². The average Bonchev–Trinajstić information content (AvgIpc) is 2.86. The molecule has 1 unspecified atom stereocenters. The Morgan fingerprint density at radius 3 is 2.83 bits per heavy atom. The molecule has 1 amide bonds. The van der Waals surface area contributed by atoms with Gasteiger partial charge in [0.1, 0.15) is 11.0 Å². The Morgan fingerprint density at radius 1 is 1.42 bits per heavy atom. The molecule has 1 heterocycles. The predicted molar refractivity (Wildman–Crippen MR) is 89.2 cm³/mol. The van der Waals surface area contributed by atoms with Gasteiger partial charge in [-0.25, -0.2) is 4.79 Å². The topological polar surface area (TPSA) is 93.1 Å². The number of ether oxygens (including phenoxy) is 2. The van der Waals surface area contributed by atoms with Gasteiger partial charge in [0.05, 0.1) is 13.2 Å². The van der Waals surface area contributed by atoms with Crippen molar-refractivity contribution in [3.8, 4) is 0 Å². The molecule has 1 aliphatic rings. The molecule has 2 aromatic carbocycles. The summed E-state index contributed by atoms with van der Waals surface area (Å²) in [6.45, 7) is 0.653. The minimum absolute atomic E-state index is 0. The Balaban J connectivity index is 0.00000208. The number of methoxy groups -OCH3 is 1. The second kappa shape index (κ2) is 7.38. The maximum absolute atomic E-state index is 11.9. The zero-order chi connectivity index (χ0) is 16.6. The van der Waals surface area contributed by atoms with Crippen molar-refractivity contribution < 1.29 is 27.2 Å². The van der Waals surface area contributed by atoms with Crippen LogP contribution in [0, 0.1) is 6.07 Å². The molecule has 0 aromatic heterocycles. The summed E-state index contributed by atoms with van der Waals surface area (Å²) in [4.78, 5) is 13.1. The Hall–Kier alpha value is -1.16. The number of carbonyl (C=O) groups is 1. The molecule has 1 aliphatic heterocycles. The molecular weight excluding hydrogens is 345 g/mol. The zero-order valence-electron chi connectivity index (χ0n) is 12.2. The van der Waals surface area contributed by atoms with E-state index in [1.807, 2.05) is 0 Å². The third-order valence-electron chi connectivity index (χ3n) is 3.55. The third kappa shape index (κ3) is 3.74. The SMILES string of the molecule is COCC1CN(c2ccc3c(S(=O)(=O)O)[c]ccc3c2)C(=O)O1.[NaH]. The predicted octanol–water partition coefficient (Wildman–Crippen LogP) is 1.21. The van der Waals surface area contributed by atoms with E-state index in [-0.39, 0.29) is 40.6 Å². The number of fused-ring (bicyclic) bond motifs is 1. The van der Waals surface area contributed by atoms with Gasteiger partial charge in [-0.2, -0.15) is 8.42 Å². The fourth-order valence-corrected chi connectivity index (χ4v) is 3.25. The molecule has 1 atom stereocenters. The van der Waals surface area contributed by atoms with E-state index in [2.05, 4.69) is 6.07 Å². The van der Waals surface area contributed by atoms with Gasteiger partial charge >= 0.3 is 35.7 Å². The summed E-state index contributed by atoms with van der Waals surface area (Å²) < 4.78 is 42.2. The first-order chi connectivity index (χ1) is 10.9. The standard InChI is InChI=1S/C15H14NO6S.Na.H/c1-21-9-12-8-16(15(17)22-12)11-5-6-13-10(7-11)3-2-4-14(13)23(18,19)20;;/h2-3,5-7,12H,8-9H2,1H3,(H,18,19,20);;.